The van der Waals surface area contributed by atoms with Gasteiger partial charge in [0.1, 0.15) is 0 Å². The van der Waals surface area contributed by atoms with Crippen molar-refractivity contribution in [3.05, 3.63) is 23.7 Å². The quantitative estimate of drug-likeness (QED) is 0.863. The van der Waals surface area contributed by atoms with E-state index in [0.29, 0.717) is 31.0 Å². The highest BCUT2D eigenvalue weighted by Gasteiger charge is 2.08. The Hall–Kier alpha value is -1.73. The van der Waals surface area contributed by atoms with Gasteiger partial charge in [0, 0.05) is 26.0 Å². The molecule has 0 aromatic carbocycles. The van der Waals surface area contributed by atoms with Crippen molar-refractivity contribution in [1.29, 1.82) is 0 Å². The van der Waals surface area contributed by atoms with Crippen molar-refractivity contribution < 1.29 is 4.74 Å². The van der Waals surface area contributed by atoms with Crippen LogP contribution in [0.5, 0.6) is 0 Å². The summed E-state index contributed by atoms with van der Waals surface area (Å²) in [5.41, 5.74) is 0. The minimum atomic E-state index is 0.127. The lowest BCUT2D eigenvalue weighted by atomic mass is 10.2. The van der Waals surface area contributed by atoms with Gasteiger partial charge in [0.2, 0.25) is 11.2 Å². The summed E-state index contributed by atoms with van der Waals surface area (Å²) >= 11 is 5.88. The predicted molar refractivity (Wildman–Crippen MR) is 71.5 cm³/mol. The van der Waals surface area contributed by atoms with Gasteiger partial charge in [-0.15, -0.1) is 0 Å². The third kappa shape index (κ3) is 3.87. The summed E-state index contributed by atoms with van der Waals surface area (Å²) in [5, 5.41) is 7.28. The summed E-state index contributed by atoms with van der Waals surface area (Å²) in [7, 11) is 1.67. The van der Waals surface area contributed by atoms with Gasteiger partial charge in [0.25, 0.3) is 5.95 Å². The van der Waals surface area contributed by atoms with Crippen molar-refractivity contribution >= 4 is 17.5 Å². The zero-order valence-corrected chi connectivity index (χ0v) is 11.5. The van der Waals surface area contributed by atoms with E-state index in [4.69, 9.17) is 16.3 Å². The Labute approximate surface area is 116 Å². The molecule has 19 heavy (non-hydrogen) atoms. The molecular weight excluding hydrogens is 268 g/mol. The number of methoxy groups -OCH3 is 1. The molecule has 2 heterocycles. The van der Waals surface area contributed by atoms with E-state index in [-0.39, 0.29) is 5.28 Å². The Morgan fingerprint density at radius 2 is 2.26 bits per heavy atom. The Kier molecular flexibility index (Phi) is 4.64. The molecule has 0 radical (unpaired) electrons. The molecule has 0 bridgehead atoms. The Morgan fingerprint density at radius 3 is 2.95 bits per heavy atom. The van der Waals surface area contributed by atoms with Gasteiger partial charge in [-0.25, -0.2) is 4.68 Å². The number of nitrogens with zero attached hydrogens (tertiary/aromatic N) is 5. The minimum Gasteiger partial charge on any atom is -0.384 e. The standard InChI is InChI=1S/C11H15ClN6O/c1-8(7-19-2)6-13-10-15-9(12)16-11(17-10)18-5-3-4-14-18/h3-5,8H,6-7H2,1-2H3,(H,13,15,16,17). The summed E-state index contributed by atoms with van der Waals surface area (Å²) in [6, 6.07) is 1.78. The van der Waals surface area contributed by atoms with Crippen LogP contribution in [0.2, 0.25) is 5.28 Å². The molecule has 0 aliphatic carbocycles. The molecule has 8 heteroatoms. The normalized spacial score (nSPS) is 12.4. The first-order valence-corrected chi connectivity index (χ1v) is 6.21. The van der Waals surface area contributed by atoms with E-state index in [1.807, 2.05) is 0 Å². The second-order valence-electron chi connectivity index (χ2n) is 4.12. The van der Waals surface area contributed by atoms with Crippen LogP contribution in [0.3, 0.4) is 0 Å². The molecule has 0 fully saturated rings. The highest BCUT2D eigenvalue weighted by atomic mass is 35.5. The van der Waals surface area contributed by atoms with E-state index < -0.39 is 0 Å². The first kappa shape index (κ1) is 13.7. The number of anilines is 1. The largest absolute Gasteiger partial charge is 0.384 e. The molecule has 0 amide bonds. The number of ether oxygens (including phenoxy) is 1. The summed E-state index contributed by atoms with van der Waals surface area (Å²) in [6.45, 7) is 3.41. The number of nitrogens with one attached hydrogen (secondary N) is 1. The number of hydrogen-bond donors (Lipinski definition) is 1. The first-order valence-electron chi connectivity index (χ1n) is 5.83. The summed E-state index contributed by atoms with van der Waals surface area (Å²) in [6.07, 6.45) is 3.38. The monoisotopic (exact) mass is 282 g/mol. The third-order valence-electron chi connectivity index (χ3n) is 2.37. The maximum Gasteiger partial charge on any atom is 0.256 e. The van der Waals surface area contributed by atoms with Crippen LogP contribution in [-0.4, -0.2) is 45.0 Å². The minimum absolute atomic E-state index is 0.127. The summed E-state index contributed by atoms with van der Waals surface area (Å²) in [4.78, 5) is 12.3. The van der Waals surface area contributed by atoms with Crippen LogP contribution in [0, 0.1) is 5.92 Å². The molecule has 1 N–H and O–H groups in total. The summed E-state index contributed by atoms with van der Waals surface area (Å²) in [5.74, 6) is 1.15. The SMILES string of the molecule is COCC(C)CNc1nc(Cl)nc(-n2cccn2)n1. The molecular formula is C11H15ClN6O. The van der Waals surface area contributed by atoms with Gasteiger partial charge < -0.3 is 10.1 Å². The zero-order chi connectivity index (χ0) is 13.7. The maximum atomic E-state index is 5.88. The van der Waals surface area contributed by atoms with Crippen LogP contribution >= 0.6 is 11.6 Å². The van der Waals surface area contributed by atoms with E-state index in [0.717, 1.165) is 0 Å². The lowest BCUT2D eigenvalue weighted by molar-refractivity contribution is 0.164. The molecule has 102 valence electrons. The molecule has 2 aromatic heterocycles. The molecule has 2 rings (SSSR count). The maximum absolute atomic E-state index is 5.88. The Balaban J connectivity index is 2.09. The van der Waals surface area contributed by atoms with Gasteiger partial charge in [-0.2, -0.15) is 20.1 Å². The van der Waals surface area contributed by atoms with E-state index in [2.05, 4.69) is 32.3 Å². The third-order valence-corrected chi connectivity index (χ3v) is 2.53. The second-order valence-corrected chi connectivity index (χ2v) is 4.46. The van der Waals surface area contributed by atoms with Crippen molar-refractivity contribution in [2.45, 2.75) is 6.92 Å². The van der Waals surface area contributed by atoms with E-state index >= 15 is 0 Å². The molecule has 1 atom stereocenters. The fraction of sp³-hybridized carbons (Fsp3) is 0.455. The molecule has 2 aromatic rings. The number of hydrogen-bond acceptors (Lipinski definition) is 6. The van der Waals surface area contributed by atoms with Gasteiger partial charge in [-0.3, -0.25) is 0 Å². The van der Waals surface area contributed by atoms with Crippen molar-refractivity contribution in [2.24, 2.45) is 5.92 Å². The Morgan fingerprint density at radius 1 is 1.42 bits per heavy atom. The summed E-state index contributed by atoms with van der Waals surface area (Å²) < 4.78 is 6.59. The van der Waals surface area contributed by atoms with Gasteiger partial charge in [-0.1, -0.05) is 6.92 Å². The van der Waals surface area contributed by atoms with Crippen LogP contribution in [0.4, 0.5) is 5.95 Å². The zero-order valence-electron chi connectivity index (χ0n) is 10.7. The fourth-order valence-electron chi connectivity index (χ4n) is 1.52. The number of aromatic nitrogens is 5. The van der Waals surface area contributed by atoms with Gasteiger partial charge in [-0.05, 0) is 23.6 Å². The molecule has 7 nitrogen and oxygen atoms in total. The van der Waals surface area contributed by atoms with Crippen LogP contribution < -0.4 is 5.32 Å². The average molecular weight is 283 g/mol. The van der Waals surface area contributed by atoms with Gasteiger partial charge in [0.05, 0.1) is 6.61 Å². The number of rotatable bonds is 6. The van der Waals surface area contributed by atoms with Gasteiger partial charge in [0.15, 0.2) is 0 Å². The van der Waals surface area contributed by atoms with E-state index in [1.54, 1.807) is 25.6 Å². The van der Waals surface area contributed by atoms with Crippen LogP contribution in [0.25, 0.3) is 5.95 Å². The van der Waals surface area contributed by atoms with Crippen molar-refractivity contribution in [1.82, 2.24) is 24.7 Å². The lowest BCUT2D eigenvalue weighted by Gasteiger charge is -2.11. The molecule has 1 unspecified atom stereocenters. The van der Waals surface area contributed by atoms with E-state index in [9.17, 15) is 0 Å². The topological polar surface area (TPSA) is 77.8 Å². The molecule has 0 saturated heterocycles. The van der Waals surface area contributed by atoms with Crippen LogP contribution in [-0.2, 0) is 4.74 Å². The van der Waals surface area contributed by atoms with Crippen molar-refractivity contribution in [3.8, 4) is 5.95 Å². The van der Waals surface area contributed by atoms with Crippen molar-refractivity contribution in [3.63, 3.8) is 0 Å². The van der Waals surface area contributed by atoms with Gasteiger partial charge >= 0.3 is 0 Å². The predicted octanol–water partition coefficient (Wildman–Crippen LogP) is 1.41. The molecule has 0 aliphatic rings. The fourth-order valence-corrected chi connectivity index (χ4v) is 1.67. The lowest BCUT2D eigenvalue weighted by Crippen LogP contribution is -2.18. The van der Waals surface area contributed by atoms with Crippen LogP contribution in [0.1, 0.15) is 6.92 Å². The molecule has 0 saturated carbocycles. The van der Waals surface area contributed by atoms with Crippen molar-refractivity contribution in [2.75, 3.05) is 25.6 Å². The molecule has 0 spiro atoms. The van der Waals surface area contributed by atoms with Crippen LogP contribution in [0.15, 0.2) is 18.5 Å². The Bertz CT molecular complexity index is 518. The number of halogens is 1. The molecule has 0 aliphatic heterocycles. The second kappa shape index (κ2) is 6.44. The highest BCUT2D eigenvalue weighted by molar-refractivity contribution is 6.28. The van der Waals surface area contributed by atoms with E-state index in [1.165, 1.54) is 4.68 Å². The average Bonchev–Trinajstić information content (AvgIpc) is 2.90. The smallest absolute Gasteiger partial charge is 0.256 e. The highest BCUT2D eigenvalue weighted by Crippen LogP contribution is 2.09. The first-order chi connectivity index (χ1) is 9.19.